The minimum atomic E-state index is -0.243. The topological polar surface area (TPSA) is 28.2 Å². The van der Waals surface area contributed by atoms with Crippen LogP contribution in [0.3, 0.4) is 0 Å². The molecule has 1 saturated heterocycles. The van der Waals surface area contributed by atoms with Gasteiger partial charge in [0.1, 0.15) is 0 Å². The van der Waals surface area contributed by atoms with Crippen molar-refractivity contribution in [2.24, 2.45) is 0 Å². The Morgan fingerprint density at radius 1 is 1.15 bits per heavy atom. The van der Waals surface area contributed by atoms with Gasteiger partial charge in [-0.3, -0.25) is 0 Å². The molecule has 3 nitrogen and oxygen atoms in total. The first-order valence-electron chi connectivity index (χ1n) is 7.00. The van der Waals surface area contributed by atoms with Crippen LogP contribution in [0, 0.1) is 5.82 Å². The zero-order chi connectivity index (χ0) is 13.8. The quantitative estimate of drug-likeness (QED) is 0.928. The van der Waals surface area contributed by atoms with Crippen LogP contribution in [0.5, 0.6) is 0 Å². The lowest BCUT2D eigenvalue weighted by Gasteiger charge is -2.34. The highest BCUT2D eigenvalue weighted by atomic mass is 19.1. The number of hydrogen-bond donors (Lipinski definition) is 1. The predicted octanol–water partition coefficient (Wildman–Crippen LogP) is 3.30. The Balaban J connectivity index is 1.69. The van der Waals surface area contributed by atoms with Crippen LogP contribution in [0.2, 0.25) is 0 Å². The molecule has 3 rings (SSSR count). The first-order valence-corrected chi connectivity index (χ1v) is 7.00. The highest BCUT2D eigenvalue weighted by molar-refractivity contribution is 5.46. The van der Waals surface area contributed by atoms with Crippen molar-refractivity contribution in [3.63, 3.8) is 0 Å². The van der Waals surface area contributed by atoms with Crippen molar-refractivity contribution in [1.82, 2.24) is 4.98 Å². The Morgan fingerprint density at radius 3 is 2.80 bits per heavy atom. The van der Waals surface area contributed by atoms with E-state index in [1.807, 2.05) is 23.1 Å². The van der Waals surface area contributed by atoms with Crippen molar-refractivity contribution in [2.45, 2.75) is 18.9 Å². The van der Waals surface area contributed by atoms with Crippen LogP contribution in [0.1, 0.15) is 12.8 Å². The van der Waals surface area contributed by atoms with Gasteiger partial charge in [-0.05, 0) is 37.1 Å². The second kappa shape index (κ2) is 5.90. The molecule has 0 spiro atoms. The maximum Gasteiger partial charge on any atom is 0.165 e. The van der Waals surface area contributed by atoms with Gasteiger partial charge in [-0.25, -0.2) is 9.37 Å². The first-order chi connectivity index (χ1) is 9.83. The molecule has 1 aromatic carbocycles. The van der Waals surface area contributed by atoms with E-state index in [-0.39, 0.29) is 5.82 Å². The third kappa shape index (κ3) is 2.90. The van der Waals surface area contributed by atoms with E-state index in [1.165, 1.54) is 6.07 Å². The van der Waals surface area contributed by atoms with Crippen LogP contribution in [0.15, 0.2) is 48.7 Å². The molecule has 1 aliphatic rings. The summed E-state index contributed by atoms with van der Waals surface area (Å²) >= 11 is 0. The van der Waals surface area contributed by atoms with E-state index in [1.54, 1.807) is 12.3 Å². The molecule has 20 heavy (non-hydrogen) atoms. The van der Waals surface area contributed by atoms with Crippen molar-refractivity contribution in [3.05, 3.63) is 54.5 Å². The summed E-state index contributed by atoms with van der Waals surface area (Å²) in [6.07, 6.45) is 3.78. The SMILES string of the molecule is Fc1cccnc1N1CCCC(Nc2ccccc2)C1. The number of halogens is 1. The smallest absolute Gasteiger partial charge is 0.165 e. The van der Waals surface area contributed by atoms with Gasteiger partial charge in [-0.15, -0.1) is 0 Å². The lowest BCUT2D eigenvalue weighted by Crippen LogP contribution is -2.42. The summed E-state index contributed by atoms with van der Waals surface area (Å²) in [5, 5.41) is 3.51. The molecule has 0 saturated carbocycles. The number of hydrogen-bond acceptors (Lipinski definition) is 3. The molecule has 0 bridgehead atoms. The molecule has 104 valence electrons. The number of anilines is 2. The Morgan fingerprint density at radius 2 is 2.00 bits per heavy atom. The maximum atomic E-state index is 13.8. The fourth-order valence-electron chi connectivity index (χ4n) is 2.67. The van der Waals surface area contributed by atoms with Gasteiger partial charge < -0.3 is 10.2 Å². The van der Waals surface area contributed by atoms with Gasteiger partial charge >= 0.3 is 0 Å². The average molecular weight is 271 g/mol. The van der Waals surface area contributed by atoms with Crippen molar-refractivity contribution in [1.29, 1.82) is 0 Å². The van der Waals surface area contributed by atoms with E-state index in [0.29, 0.717) is 11.9 Å². The Bertz CT molecular complexity index is 559. The van der Waals surface area contributed by atoms with E-state index in [4.69, 9.17) is 0 Å². The van der Waals surface area contributed by atoms with E-state index in [0.717, 1.165) is 31.6 Å². The Kier molecular flexibility index (Phi) is 3.81. The van der Waals surface area contributed by atoms with Gasteiger partial charge in [0, 0.05) is 31.0 Å². The van der Waals surface area contributed by atoms with Gasteiger partial charge in [0.05, 0.1) is 0 Å². The molecule has 1 N–H and O–H groups in total. The average Bonchev–Trinajstić information content (AvgIpc) is 2.49. The molecule has 2 heterocycles. The fourth-order valence-corrected chi connectivity index (χ4v) is 2.67. The van der Waals surface area contributed by atoms with Crippen LogP contribution in [-0.2, 0) is 0 Å². The number of para-hydroxylation sites is 1. The van der Waals surface area contributed by atoms with Gasteiger partial charge in [-0.2, -0.15) is 0 Å². The fraction of sp³-hybridized carbons (Fsp3) is 0.312. The summed E-state index contributed by atoms with van der Waals surface area (Å²) < 4.78 is 13.8. The van der Waals surface area contributed by atoms with E-state index >= 15 is 0 Å². The Labute approximate surface area is 118 Å². The molecule has 0 radical (unpaired) electrons. The normalized spacial score (nSPS) is 18.9. The lowest BCUT2D eigenvalue weighted by atomic mass is 10.1. The molecule has 2 aromatic rings. The molecule has 1 aliphatic heterocycles. The summed E-state index contributed by atoms with van der Waals surface area (Å²) in [7, 11) is 0. The van der Waals surface area contributed by atoms with Gasteiger partial charge in [0.25, 0.3) is 0 Å². The van der Waals surface area contributed by atoms with Crippen LogP contribution in [0.25, 0.3) is 0 Å². The largest absolute Gasteiger partial charge is 0.381 e. The van der Waals surface area contributed by atoms with Crippen LogP contribution >= 0.6 is 0 Å². The first kappa shape index (κ1) is 12.9. The number of nitrogens with zero attached hydrogens (tertiary/aromatic N) is 2. The zero-order valence-corrected chi connectivity index (χ0v) is 11.3. The van der Waals surface area contributed by atoms with Crippen molar-refractivity contribution >= 4 is 11.5 Å². The molecular weight excluding hydrogens is 253 g/mol. The third-order valence-electron chi connectivity index (χ3n) is 3.60. The molecule has 1 fully saturated rings. The number of benzene rings is 1. The number of nitrogens with one attached hydrogen (secondary N) is 1. The van der Waals surface area contributed by atoms with Crippen molar-refractivity contribution in [2.75, 3.05) is 23.3 Å². The third-order valence-corrected chi connectivity index (χ3v) is 3.60. The summed E-state index contributed by atoms with van der Waals surface area (Å²) in [5.74, 6) is 0.222. The van der Waals surface area contributed by atoms with Crippen LogP contribution in [-0.4, -0.2) is 24.1 Å². The van der Waals surface area contributed by atoms with E-state index in [2.05, 4.69) is 22.4 Å². The molecular formula is C16H18FN3. The molecule has 0 aliphatic carbocycles. The minimum absolute atomic E-state index is 0.243. The van der Waals surface area contributed by atoms with Crippen molar-refractivity contribution < 1.29 is 4.39 Å². The second-order valence-electron chi connectivity index (χ2n) is 5.10. The molecule has 0 amide bonds. The van der Waals surface area contributed by atoms with E-state index < -0.39 is 0 Å². The summed E-state index contributed by atoms with van der Waals surface area (Å²) in [5.41, 5.74) is 1.11. The van der Waals surface area contributed by atoms with Gasteiger partial charge in [0.15, 0.2) is 11.6 Å². The lowest BCUT2D eigenvalue weighted by molar-refractivity contribution is 0.514. The summed E-state index contributed by atoms with van der Waals surface area (Å²) in [4.78, 5) is 6.19. The van der Waals surface area contributed by atoms with Gasteiger partial charge in [0.2, 0.25) is 0 Å². The number of aromatic nitrogens is 1. The zero-order valence-electron chi connectivity index (χ0n) is 11.3. The van der Waals surface area contributed by atoms with Gasteiger partial charge in [-0.1, -0.05) is 18.2 Å². The number of piperidine rings is 1. The number of pyridine rings is 1. The minimum Gasteiger partial charge on any atom is -0.381 e. The molecule has 1 unspecified atom stereocenters. The second-order valence-corrected chi connectivity index (χ2v) is 5.10. The number of rotatable bonds is 3. The molecule has 1 atom stereocenters. The van der Waals surface area contributed by atoms with Crippen molar-refractivity contribution in [3.8, 4) is 0 Å². The summed E-state index contributed by atoms with van der Waals surface area (Å²) in [6.45, 7) is 1.64. The highest BCUT2D eigenvalue weighted by Gasteiger charge is 2.22. The molecule has 1 aromatic heterocycles. The highest BCUT2D eigenvalue weighted by Crippen LogP contribution is 2.22. The molecule has 4 heteroatoms. The standard InChI is InChI=1S/C16H18FN3/c17-15-9-4-10-18-16(15)20-11-5-8-14(12-20)19-13-6-2-1-3-7-13/h1-4,6-7,9-10,14,19H,5,8,11-12H2. The maximum absolute atomic E-state index is 13.8. The summed E-state index contributed by atoms with van der Waals surface area (Å²) in [6, 6.07) is 13.6. The van der Waals surface area contributed by atoms with Crippen LogP contribution in [0.4, 0.5) is 15.9 Å². The van der Waals surface area contributed by atoms with Crippen LogP contribution < -0.4 is 10.2 Å². The Hall–Kier alpha value is -2.10. The predicted molar refractivity (Wildman–Crippen MR) is 79.5 cm³/mol. The van der Waals surface area contributed by atoms with E-state index in [9.17, 15) is 4.39 Å². The monoisotopic (exact) mass is 271 g/mol.